The van der Waals surface area contributed by atoms with Gasteiger partial charge in [0.15, 0.2) is 0 Å². The first-order valence-electron chi connectivity index (χ1n) is 5.98. The average molecular weight is 310 g/mol. The van der Waals surface area contributed by atoms with Crippen LogP contribution in [0.5, 0.6) is 0 Å². The average Bonchev–Trinajstić information content (AvgIpc) is 2.94. The van der Waals surface area contributed by atoms with Crippen molar-refractivity contribution in [1.29, 1.82) is 0 Å². The molecule has 0 atom stereocenters. The van der Waals surface area contributed by atoms with E-state index in [1.54, 1.807) is 6.20 Å². The maximum Gasteiger partial charge on any atom is 0.271 e. The third-order valence-corrected chi connectivity index (χ3v) is 3.12. The van der Waals surface area contributed by atoms with Crippen LogP contribution in [0, 0.1) is 10.1 Å². The van der Waals surface area contributed by atoms with E-state index in [1.165, 1.54) is 6.33 Å². The van der Waals surface area contributed by atoms with Crippen LogP contribution in [0.15, 0.2) is 24.7 Å². The summed E-state index contributed by atoms with van der Waals surface area (Å²) >= 11 is 5.80. The van der Waals surface area contributed by atoms with E-state index in [0.717, 1.165) is 17.8 Å². The van der Waals surface area contributed by atoms with Gasteiger partial charge < -0.3 is 16.0 Å². The molecular formula is C12H12ClN5O3. The predicted octanol–water partition coefficient (Wildman–Crippen LogP) is 1.53. The first-order chi connectivity index (χ1) is 9.99. The molecule has 9 heteroatoms. The fourth-order valence-corrected chi connectivity index (χ4v) is 1.94. The van der Waals surface area contributed by atoms with Gasteiger partial charge in [-0.15, -0.1) is 0 Å². The van der Waals surface area contributed by atoms with Crippen LogP contribution in [0.1, 0.15) is 16.1 Å². The maximum absolute atomic E-state index is 12.0. The number of H-pyrrole nitrogens is 1. The van der Waals surface area contributed by atoms with Crippen molar-refractivity contribution in [2.75, 3.05) is 12.3 Å². The molecule has 0 bridgehead atoms. The summed E-state index contributed by atoms with van der Waals surface area (Å²) in [5, 5.41) is 13.4. The highest BCUT2D eigenvalue weighted by Gasteiger charge is 2.18. The lowest BCUT2D eigenvalue weighted by Crippen LogP contribution is -2.26. The molecule has 1 aromatic carbocycles. The largest absolute Gasteiger partial charge is 0.397 e. The summed E-state index contributed by atoms with van der Waals surface area (Å²) in [6.07, 6.45) is 3.73. The number of hydrogen-bond acceptors (Lipinski definition) is 5. The fourth-order valence-electron chi connectivity index (χ4n) is 1.72. The Morgan fingerprint density at radius 1 is 1.52 bits per heavy atom. The standard InChI is InChI=1S/C12H12ClN5O3/c13-10-4-8(18(20)21)3-9(11(10)14)12(19)16-2-1-7-5-15-6-17-7/h3-6H,1-2,14H2,(H,15,17)(H,16,19). The van der Waals surface area contributed by atoms with Gasteiger partial charge in [-0.1, -0.05) is 11.6 Å². The van der Waals surface area contributed by atoms with Crippen LogP contribution in [0.4, 0.5) is 11.4 Å². The number of aromatic nitrogens is 2. The summed E-state index contributed by atoms with van der Waals surface area (Å²) in [6.45, 7) is 0.334. The number of carbonyl (C=O) groups is 1. The number of imidazole rings is 1. The van der Waals surface area contributed by atoms with Crippen molar-refractivity contribution in [3.05, 3.63) is 51.1 Å². The Kier molecular flexibility index (Phi) is 4.39. The van der Waals surface area contributed by atoms with Crippen LogP contribution in [0.3, 0.4) is 0 Å². The van der Waals surface area contributed by atoms with E-state index in [-0.39, 0.29) is 22.0 Å². The number of rotatable bonds is 5. The summed E-state index contributed by atoms with van der Waals surface area (Å²) in [6, 6.07) is 2.21. The molecule has 8 nitrogen and oxygen atoms in total. The van der Waals surface area contributed by atoms with E-state index >= 15 is 0 Å². The van der Waals surface area contributed by atoms with Gasteiger partial charge in [-0.05, 0) is 0 Å². The third kappa shape index (κ3) is 3.48. The number of non-ortho nitro benzene ring substituents is 1. The molecule has 1 aromatic heterocycles. The number of carbonyl (C=O) groups excluding carboxylic acids is 1. The van der Waals surface area contributed by atoms with E-state index in [9.17, 15) is 14.9 Å². The molecular weight excluding hydrogens is 298 g/mol. The highest BCUT2D eigenvalue weighted by atomic mass is 35.5. The second-order valence-electron chi connectivity index (χ2n) is 4.23. The Bertz CT molecular complexity index is 672. The molecule has 1 amide bonds. The summed E-state index contributed by atoms with van der Waals surface area (Å²) in [5.74, 6) is -0.516. The quantitative estimate of drug-likeness (QED) is 0.438. The van der Waals surface area contributed by atoms with Crippen LogP contribution >= 0.6 is 11.6 Å². The predicted molar refractivity (Wildman–Crippen MR) is 77.1 cm³/mol. The number of nitro benzene ring substituents is 1. The van der Waals surface area contributed by atoms with Gasteiger partial charge in [0.25, 0.3) is 11.6 Å². The minimum Gasteiger partial charge on any atom is -0.397 e. The lowest BCUT2D eigenvalue weighted by Gasteiger charge is -2.08. The number of amides is 1. The zero-order chi connectivity index (χ0) is 15.4. The molecule has 0 radical (unpaired) electrons. The summed E-state index contributed by atoms with van der Waals surface area (Å²) in [4.78, 5) is 28.9. The van der Waals surface area contributed by atoms with Gasteiger partial charge in [0.2, 0.25) is 0 Å². The smallest absolute Gasteiger partial charge is 0.271 e. The molecule has 110 valence electrons. The number of hydrogen-bond donors (Lipinski definition) is 3. The van der Waals surface area contributed by atoms with Gasteiger partial charge in [-0.3, -0.25) is 14.9 Å². The normalized spacial score (nSPS) is 10.3. The number of benzene rings is 1. The molecule has 0 saturated heterocycles. The molecule has 0 aliphatic carbocycles. The van der Waals surface area contributed by atoms with Crippen LogP contribution in [-0.4, -0.2) is 27.3 Å². The monoisotopic (exact) mass is 309 g/mol. The first-order valence-corrected chi connectivity index (χ1v) is 6.35. The van der Waals surface area contributed by atoms with Crippen LogP contribution in [0.2, 0.25) is 5.02 Å². The highest BCUT2D eigenvalue weighted by Crippen LogP contribution is 2.28. The minimum absolute atomic E-state index is 0.0150. The van der Waals surface area contributed by atoms with Crippen molar-refractivity contribution in [1.82, 2.24) is 15.3 Å². The number of halogens is 1. The second-order valence-corrected chi connectivity index (χ2v) is 4.64. The van der Waals surface area contributed by atoms with Gasteiger partial charge in [0.1, 0.15) is 0 Å². The maximum atomic E-state index is 12.0. The molecule has 0 saturated carbocycles. The third-order valence-electron chi connectivity index (χ3n) is 2.80. The van der Waals surface area contributed by atoms with Crippen LogP contribution < -0.4 is 11.1 Å². The zero-order valence-corrected chi connectivity index (χ0v) is 11.6. The molecule has 0 unspecified atom stereocenters. The summed E-state index contributed by atoms with van der Waals surface area (Å²) in [7, 11) is 0. The molecule has 1 heterocycles. The Balaban J connectivity index is 2.09. The topological polar surface area (TPSA) is 127 Å². The Morgan fingerprint density at radius 2 is 2.29 bits per heavy atom. The van der Waals surface area contributed by atoms with Crippen LogP contribution in [0.25, 0.3) is 0 Å². The second kappa shape index (κ2) is 6.23. The van der Waals surface area contributed by atoms with Gasteiger partial charge in [-0.25, -0.2) is 4.98 Å². The number of nitrogens with one attached hydrogen (secondary N) is 2. The summed E-state index contributed by atoms with van der Waals surface area (Å²) in [5.41, 5.74) is 6.26. The minimum atomic E-state index is -0.632. The molecule has 21 heavy (non-hydrogen) atoms. The Hall–Kier alpha value is -2.61. The number of nitrogens with two attached hydrogens (primary N) is 1. The Labute approximate surface area is 124 Å². The number of aromatic amines is 1. The number of anilines is 1. The van der Waals surface area contributed by atoms with Crippen molar-refractivity contribution >= 4 is 28.9 Å². The number of nitro groups is 1. The molecule has 0 aliphatic rings. The van der Waals surface area contributed by atoms with E-state index in [0.29, 0.717) is 13.0 Å². The highest BCUT2D eigenvalue weighted by molar-refractivity contribution is 6.34. The van der Waals surface area contributed by atoms with E-state index in [1.807, 2.05) is 0 Å². The van der Waals surface area contributed by atoms with Gasteiger partial charge in [0.05, 0.1) is 27.5 Å². The van der Waals surface area contributed by atoms with Crippen molar-refractivity contribution in [3.8, 4) is 0 Å². The lowest BCUT2D eigenvalue weighted by molar-refractivity contribution is -0.384. The molecule has 4 N–H and O–H groups in total. The molecule has 0 spiro atoms. The van der Waals surface area contributed by atoms with E-state index in [4.69, 9.17) is 17.3 Å². The molecule has 0 fully saturated rings. The van der Waals surface area contributed by atoms with Gasteiger partial charge in [-0.2, -0.15) is 0 Å². The number of nitrogens with zero attached hydrogens (tertiary/aromatic N) is 2. The van der Waals surface area contributed by atoms with Crippen molar-refractivity contribution in [2.24, 2.45) is 0 Å². The van der Waals surface area contributed by atoms with Crippen molar-refractivity contribution in [2.45, 2.75) is 6.42 Å². The fraction of sp³-hybridized carbons (Fsp3) is 0.167. The molecule has 2 aromatic rings. The SMILES string of the molecule is Nc1c(Cl)cc([N+](=O)[O-])cc1C(=O)NCCc1cnc[nH]1. The van der Waals surface area contributed by atoms with Crippen molar-refractivity contribution < 1.29 is 9.72 Å². The van der Waals surface area contributed by atoms with Crippen LogP contribution in [-0.2, 0) is 6.42 Å². The van der Waals surface area contributed by atoms with Crippen molar-refractivity contribution in [3.63, 3.8) is 0 Å². The number of nitrogen functional groups attached to an aromatic ring is 1. The zero-order valence-electron chi connectivity index (χ0n) is 10.8. The Morgan fingerprint density at radius 3 is 2.90 bits per heavy atom. The lowest BCUT2D eigenvalue weighted by atomic mass is 10.1. The first kappa shape index (κ1) is 14.8. The van der Waals surface area contributed by atoms with Gasteiger partial charge in [0, 0.05) is 37.0 Å². The summed E-state index contributed by atoms with van der Waals surface area (Å²) < 4.78 is 0. The molecule has 0 aliphatic heterocycles. The van der Waals surface area contributed by atoms with E-state index in [2.05, 4.69) is 15.3 Å². The van der Waals surface area contributed by atoms with E-state index < -0.39 is 10.8 Å². The van der Waals surface area contributed by atoms with Gasteiger partial charge >= 0.3 is 0 Å². The molecule has 2 rings (SSSR count).